The van der Waals surface area contributed by atoms with E-state index in [1.165, 1.54) is 83.6 Å². The van der Waals surface area contributed by atoms with Crippen LogP contribution in [0, 0.1) is 0 Å². The molecule has 0 N–H and O–H groups in total. The Morgan fingerprint density at radius 2 is 1.05 bits per heavy atom. The molecule has 7 aromatic rings. The fourth-order valence-corrected chi connectivity index (χ4v) is 10.6. The molecule has 0 saturated heterocycles. The normalized spacial score (nSPS) is 17.1. The molecule has 0 bridgehead atoms. The topological polar surface area (TPSA) is 3.24 Å². The van der Waals surface area contributed by atoms with Gasteiger partial charge in [0.25, 0.3) is 0 Å². The second kappa shape index (κ2) is 14.6. The van der Waals surface area contributed by atoms with E-state index >= 15 is 0 Å². The third kappa shape index (κ3) is 6.27. The van der Waals surface area contributed by atoms with Gasteiger partial charge in [-0.15, -0.1) is 0 Å². The molecule has 1 unspecified atom stereocenters. The molecule has 306 valence electrons. The van der Waals surface area contributed by atoms with Crippen LogP contribution in [0.5, 0.6) is 0 Å². The summed E-state index contributed by atoms with van der Waals surface area (Å²) in [4.78, 5) is 2.51. The predicted molar refractivity (Wildman–Crippen MR) is 264 cm³/mol. The summed E-state index contributed by atoms with van der Waals surface area (Å²) in [6, 6.07) is 59.9. The van der Waals surface area contributed by atoms with Gasteiger partial charge in [-0.1, -0.05) is 207 Å². The van der Waals surface area contributed by atoms with Crippen molar-refractivity contribution < 1.29 is 0 Å². The number of anilines is 3. The van der Waals surface area contributed by atoms with Gasteiger partial charge in [0, 0.05) is 22.5 Å². The van der Waals surface area contributed by atoms with Crippen LogP contribution in [-0.2, 0) is 21.7 Å². The quantitative estimate of drug-likeness (QED) is 0.162. The fraction of sp³-hybridized carbons (Fsp3) is 0.213. The van der Waals surface area contributed by atoms with Gasteiger partial charge in [0.1, 0.15) is 0 Å². The first-order valence-corrected chi connectivity index (χ1v) is 22.4. The SMILES string of the molecule is CC(C)(C)c1cc(N(c2ccc(-c3cccc4c3C(C)(C)c3ccccc3-4)cc2)c2ccc3c(c2)C(C2=CC=CCC=C2)(c2ccccc2)c2ccccc2-3)cc(C(C)(C)C)c1. The van der Waals surface area contributed by atoms with E-state index < -0.39 is 5.41 Å². The molecule has 1 heteroatoms. The molecule has 0 aliphatic heterocycles. The zero-order valence-electron chi connectivity index (χ0n) is 37.6. The first-order valence-electron chi connectivity index (χ1n) is 22.4. The molecule has 10 rings (SSSR count). The molecule has 0 amide bonds. The first kappa shape index (κ1) is 39.7. The highest BCUT2D eigenvalue weighted by atomic mass is 15.1. The molecule has 3 aliphatic rings. The van der Waals surface area contributed by atoms with Gasteiger partial charge in [0.05, 0.1) is 5.41 Å². The maximum absolute atomic E-state index is 2.51. The van der Waals surface area contributed by atoms with E-state index in [0.29, 0.717) is 0 Å². The summed E-state index contributed by atoms with van der Waals surface area (Å²) in [6.07, 6.45) is 12.4. The molecular weight excluding hydrogens is 747 g/mol. The van der Waals surface area contributed by atoms with Crippen molar-refractivity contribution in [2.75, 3.05) is 4.90 Å². The van der Waals surface area contributed by atoms with E-state index in [9.17, 15) is 0 Å². The molecule has 0 heterocycles. The van der Waals surface area contributed by atoms with Crippen LogP contribution in [0.2, 0.25) is 0 Å². The van der Waals surface area contributed by atoms with Crippen molar-refractivity contribution in [3.8, 4) is 33.4 Å². The van der Waals surface area contributed by atoms with Crippen molar-refractivity contribution in [2.24, 2.45) is 0 Å². The Morgan fingerprint density at radius 3 is 1.74 bits per heavy atom. The first-order chi connectivity index (χ1) is 29.8. The highest BCUT2D eigenvalue weighted by molar-refractivity contribution is 5.91. The summed E-state index contributed by atoms with van der Waals surface area (Å²) in [5.74, 6) is 0. The van der Waals surface area contributed by atoms with Crippen LogP contribution < -0.4 is 4.90 Å². The van der Waals surface area contributed by atoms with Gasteiger partial charge in [-0.3, -0.25) is 0 Å². The lowest BCUT2D eigenvalue weighted by atomic mass is 9.67. The van der Waals surface area contributed by atoms with Gasteiger partial charge in [-0.25, -0.2) is 0 Å². The average molecular weight is 804 g/mol. The van der Waals surface area contributed by atoms with Crippen LogP contribution in [0.1, 0.15) is 101 Å². The standard InChI is InChI=1S/C61H57N/c1-58(2,3)44-37-45(59(4,5)6)39-48(38-44)62(46-33-31-41(32-34-46)49-27-20-28-53-51-26-16-18-29-54(51)60(7,8)57(49)53)47-35-36-52-50-25-17-19-30-55(50)61(56(52)40-47,43-23-14-11-15-24-43)42-21-12-9-10-13-22-42/h9,11-40H,10H2,1-8H3. The highest BCUT2D eigenvalue weighted by Crippen LogP contribution is 2.58. The lowest BCUT2D eigenvalue weighted by molar-refractivity contribution is 0.569. The summed E-state index contributed by atoms with van der Waals surface area (Å²) in [7, 11) is 0. The Kier molecular flexibility index (Phi) is 9.34. The van der Waals surface area contributed by atoms with Crippen molar-refractivity contribution in [3.05, 3.63) is 233 Å². The molecule has 1 nitrogen and oxygen atoms in total. The Labute approximate surface area is 369 Å². The third-order valence-corrected chi connectivity index (χ3v) is 13.8. The molecule has 0 fully saturated rings. The van der Waals surface area contributed by atoms with Crippen LogP contribution >= 0.6 is 0 Å². The Balaban J connectivity index is 1.21. The zero-order chi connectivity index (χ0) is 43.0. The second-order valence-corrected chi connectivity index (χ2v) is 20.1. The number of allylic oxidation sites excluding steroid dienone is 6. The Hall–Kier alpha value is -6.44. The summed E-state index contributed by atoms with van der Waals surface area (Å²) in [5, 5.41) is 0. The van der Waals surface area contributed by atoms with Gasteiger partial charge >= 0.3 is 0 Å². The van der Waals surface area contributed by atoms with E-state index in [1.54, 1.807) is 0 Å². The molecule has 0 radical (unpaired) electrons. The number of nitrogens with zero attached hydrogens (tertiary/aromatic N) is 1. The summed E-state index contributed by atoms with van der Waals surface area (Å²) < 4.78 is 0. The lowest BCUT2D eigenvalue weighted by Crippen LogP contribution is -2.29. The van der Waals surface area contributed by atoms with E-state index in [2.05, 4.69) is 248 Å². The average Bonchev–Trinajstić information content (AvgIpc) is 3.49. The van der Waals surface area contributed by atoms with Crippen molar-refractivity contribution in [1.82, 2.24) is 0 Å². The van der Waals surface area contributed by atoms with Gasteiger partial charge in [0.15, 0.2) is 0 Å². The Bertz CT molecular complexity index is 2930. The number of rotatable bonds is 6. The van der Waals surface area contributed by atoms with Crippen molar-refractivity contribution in [3.63, 3.8) is 0 Å². The number of hydrogen-bond donors (Lipinski definition) is 0. The molecule has 62 heavy (non-hydrogen) atoms. The molecule has 0 saturated carbocycles. The number of hydrogen-bond acceptors (Lipinski definition) is 1. The van der Waals surface area contributed by atoms with Crippen molar-refractivity contribution >= 4 is 17.1 Å². The van der Waals surface area contributed by atoms with Gasteiger partial charge < -0.3 is 4.90 Å². The molecule has 0 aromatic heterocycles. The molecule has 3 aliphatic carbocycles. The van der Waals surface area contributed by atoms with Crippen molar-refractivity contribution in [2.45, 2.75) is 83.5 Å². The largest absolute Gasteiger partial charge is 0.310 e. The second-order valence-electron chi connectivity index (χ2n) is 20.1. The highest BCUT2D eigenvalue weighted by Gasteiger charge is 2.47. The lowest BCUT2D eigenvalue weighted by Gasteiger charge is -2.36. The van der Waals surface area contributed by atoms with Crippen LogP contribution in [-0.4, -0.2) is 0 Å². The van der Waals surface area contributed by atoms with Gasteiger partial charge in [-0.05, 0) is 132 Å². The van der Waals surface area contributed by atoms with E-state index in [0.717, 1.165) is 17.8 Å². The van der Waals surface area contributed by atoms with Crippen molar-refractivity contribution in [1.29, 1.82) is 0 Å². The number of benzene rings is 7. The zero-order valence-corrected chi connectivity index (χ0v) is 37.6. The minimum atomic E-state index is -0.508. The maximum atomic E-state index is 2.51. The van der Waals surface area contributed by atoms with E-state index in [4.69, 9.17) is 0 Å². The summed E-state index contributed by atoms with van der Waals surface area (Å²) in [5.41, 5.74) is 21.2. The smallest absolute Gasteiger partial charge is 0.0714 e. The summed E-state index contributed by atoms with van der Waals surface area (Å²) in [6.45, 7) is 18.8. The van der Waals surface area contributed by atoms with Crippen LogP contribution in [0.25, 0.3) is 33.4 Å². The van der Waals surface area contributed by atoms with E-state index in [-0.39, 0.29) is 16.2 Å². The monoisotopic (exact) mass is 803 g/mol. The minimum absolute atomic E-state index is 0.0442. The van der Waals surface area contributed by atoms with Crippen LogP contribution in [0.4, 0.5) is 17.1 Å². The molecule has 0 spiro atoms. The molecule has 7 aromatic carbocycles. The van der Waals surface area contributed by atoms with Crippen LogP contribution in [0.3, 0.4) is 0 Å². The van der Waals surface area contributed by atoms with E-state index in [1.807, 2.05) is 0 Å². The third-order valence-electron chi connectivity index (χ3n) is 13.8. The minimum Gasteiger partial charge on any atom is -0.310 e. The molecule has 1 atom stereocenters. The summed E-state index contributed by atoms with van der Waals surface area (Å²) >= 11 is 0. The Morgan fingerprint density at radius 1 is 0.468 bits per heavy atom. The van der Waals surface area contributed by atoms with Gasteiger partial charge in [0.2, 0.25) is 0 Å². The fourth-order valence-electron chi connectivity index (χ4n) is 10.6. The predicted octanol–water partition coefficient (Wildman–Crippen LogP) is 16.5. The maximum Gasteiger partial charge on any atom is 0.0714 e. The van der Waals surface area contributed by atoms with Crippen LogP contribution in [0.15, 0.2) is 194 Å². The number of fused-ring (bicyclic) bond motifs is 6. The van der Waals surface area contributed by atoms with Gasteiger partial charge in [-0.2, -0.15) is 0 Å². The molecular formula is C61H57N.